The molecule has 1 saturated heterocycles. The van der Waals surface area contributed by atoms with Crippen molar-refractivity contribution in [1.29, 1.82) is 0 Å². The average Bonchev–Trinajstić information content (AvgIpc) is 2.64. The monoisotopic (exact) mass is 368 g/mol. The number of thioether (sulfide) groups is 1. The lowest BCUT2D eigenvalue weighted by Crippen LogP contribution is -2.35. The molecule has 1 N–H and O–H groups in total. The van der Waals surface area contributed by atoms with Crippen molar-refractivity contribution in [2.24, 2.45) is 0 Å². The summed E-state index contributed by atoms with van der Waals surface area (Å²) < 4.78 is 0. The number of amides is 2. The van der Waals surface area contributed by atoms with Gasteiger partial charge in [-0.1, -0.05) is 25.1 Å². The van der Waals surface area contributed by atoms with E-state index in [2.05, 4.69) is 12.2 Å². The lowest BCUT2D eigenvalue weighted by Gasteiger charge is -2.28. The Morgan fingerprint density at radius 3 is 2.77 bits per heavy atom. The van der Waals surface area contributed by atoms with Gasteiger partial charge in [0.15, 0.2) is 0 Å². The molecule has 0 spiro atoms. The van der Waals surface area contributed by atoms with Crippen LogP contribution >= 0.6 is 11.8 Å². The van der Waals surface area contributed by atoms with Crippen LogP contribution in [0, 0.1) is 6.92 Å². The van der Waals surface area contributed by atoms with Crippen LogP contribution in [-0.2, 0) is 4.79 Å². The molecule has 0 atom stereocenters. The summed E-state index contributed by atoms with van der Waals surface area (Å²) in [4.78, 5) is 27.8. The predicted octanol–water partition coefficient (Wildman–Crippen LogP) is 4.88. The van der Waals surface area contributed by atoms with Gasteiger partial charge in [-0.2, -0.15) is 0 Å². The Balaban J connectivity index is 1.83. The number of carbonyl (C=O) groups excluding carboxylic acids is 2. The van der Waals surface area contributed by atoms with Gasteiger partial charge in [-0.05, 0) is 55.3 Å². The van der Waals surface area contributed by atoms with Crippen LogP contribution in [0.2, 0.25) is 0 Å². The second kappa shape index (κ2) is 8.41. The van der Waals surface area contributed by atoms with Crippen LogP contribution in [0.25, 0.3) is 0 Å². The maximum atomic E-state index is 12.7. The molecule has 136 valence electrons. The Morgan fingerprint density at radius 1 is 1.19 bits per heavy atom. The molecule has 4 nitrogen and oxygen atoms in total. The largest absolute Gasteiger partial charge is 0.322 e. The third-order valence-electron chi connectivity index (χ3n) is 4.51. The highest BCUT2D eigenvalue weighted by molar-refractivity contribution is 7.99. The zero-order valence-electron chi connectivity index (χ0n) is 15.2. The molecule has 3 rings (SSSR count). The standard InChI is InChI=1S/C21H24N2O2S/c1-3-26-19-9-5-4-8-17(19)21(25)22-16-12-11-15(2)18(14-16)23-13-7-6-10-20(23)24/h4-5,8-9,11-12,14H,3,6-7,10,13H2,1-2H3,(H,22,25). The molecule has 2 amide bonds. The molecule has 0 aliphatic carbocycles. The van der Waals surface area contributed by atoms with Crippen molar-refractivity contribution < 1.29 is 9.59 Å². The molecule has 26 heavy (non-hydrogen) atoms. The normalized spacial score (nSPS) is 14.4. The van der Waals surface area contributed by atoms with Gasteiger partial charge < -0.3 is 10.2 Å². The number of benzene rings is 2. The van der Waals surface area contributed by atoms with Gasteiger partial charge >= 0.3 is 0 Å². The minimum absolute atomic E-state index is 0.124. The number of nitrogens with one attached hydrogen (secondary N) is 1. The van der Waals surface area contributed by atoms with Gasteiger partial charge in [0.1, 0.15) is 0 Å². The van der Waals surface area contributed by atoms with E-state index in [0.717, 1.165) is 41.3 Å². The molecule has 0 unspecified atom stereocenters. The Kier molecular flexibility index (Phi) is 5.99. The number of rotatable bonds is 5. The molecule has 5 heteroatoms. The van der Waals surface area contributed by atoms with Crippen LogP contribution in [0.5, 0.6) is 0 Å². The van der Waals surface area contributed by atoms with Crippen LogP contribution in [0.4, 0.5) is 11.4 Å². The first-order valence-corrected chi connectivity index (χ1v) is 10.0. The van der Waals surface area contributed by atoms with Crippen molar-refractivity contribution in [2.75, 3.05) is 22.5 Å². The Morgan fingerprint density at radius 2 is 2.00 bits per heavy atom. The fourth-order valence-electron chi connectivity index (χ4n) is 3.17. The number of nitrogens with zero attached hydrogens (tertiary/aromatic N) is 1. The maximum Gasteiger partial charge on any atom is 0.256 e. The van der Waals surface area contributed by atoms with Gasteiger partial charge in [-0.15, -0.1) is 11.8 Å². The van der Waals surface area contributed by atoms with E-state index >= 15 is 0 Å². The fraction of sp³-hybridized carbons (Fsp3) is 0.333. The van der Waals surface area contributed by atoms with E-state index in [0.29, 0.717) is 17.7 Å². The fourth-order valence-corrected chi connectivity index (χ4v) is 3.97. The van der Waals surface area contributed by atoms with Crippen molar-refractivity contribution >= 4 is 35.0 Å². The lowest BCUT2D eigenvalue weighted by molar-refractivity contribution is -0.119. The topological polar surface area (TPSA) is 49.4 Å². The number of aryl methyl sites for hydroxylation is 1. The zero-order valence-corrected chi connectivity index (χ0v) is 16.1. The van der Waals surface area contributed by atoms with E-state index in [1.165, 1.54) is 0 Å². The summed E-state index contributed by atoms with van der Waals surface area (Å²) in [6, 6.07) is 13.4. The predicted molar refractivity (Wildman–Crippen MR) is 108 cm³/mol. The van der Waals surface area contributed by atoms with Crippen LogP contribution in [0.1, 0.15) is 42.1 Å². The summed E-state index contributed by atoms with van der Waals surface area (Å²) in [7, 11) is 0. The zero-order chi connectivity index (χ0) is 18.5. The van der Waals surface area contributed by atoms with E-state index in [9.17, 15) is 9.59 Å². The van der Waals surface area contributed by atoms with E-state index in [1.807, 2.05) is 54.3 Å². The van der Waals surface area contributed by atoms with E-state index in [-0.39, 0.29) is 11.8 Å². The Labute approximate surface area is 159 Å². The average molecular weight is 369 g/mol. The first-order valence-electron chi connectivity index (χ1n) is 9.04. The summed E-state index contributed by atoms with van der Waals surface area (Å²) in [5, 5.41) is 2.99. The minimum atomic E-state index is -0.124. The number of carbonyl (C=O) groups is 2. The molecule has 1 fully saturated rings. The third kappa shape index (κ3) is 4.10. The van der Waals surface area contributed by atoms with Gasteiger partial charge in [-0.3, -0.25) is 9.59 Å². The second-order valence-electron chi connectivity index (χ2n) is 6.39. The third-order valence-corrected chi connectivity index (χ3v) is 5.47. The molecule has 1 aliphatic heterocycles. The van der Waals surface area contributed by atoms with Crippen LogP contribution in [-0.4, -0.2) is 24.1 Å². The summed E-state index contributed by atoms with van der Waals surface area (Å²) in [5.74, 6) is 0.949. The van der Waals surface area contributed by atoms with Gasteiger partial charge in [-0.25, -0.2) is 0 Å². The molecule has 0 radical (unpaired) electrons. The Hall–Kier alpha value is -2.27. The van der Waals surface area contributed by atoms with E-state index < -0.39 is 0 Å². The summed E-state index contributed by atoms with van der Waals surface area (Å²) in [5.41, 5.74) is 3.32. The van der Waals surface area contributed by atoms with E-state index in [4.69, 9.17) is 0 Å². The number of hydrogen-bond acceptors (Lipinski definition) is 3. The molecule has 2 aromatic carbocycles. The molecule has 0 bridgehead atoms. The lowest BCUT2D eigenvalue weighted by atomic mass is 10.1. The molecule has 0 aromatic heterocycles. The number of piperidine rings is 1. The van der Waals surface area contributed by atoms with Crippen molar-refractivity contribution in [3.63, 3.8) is 0 Å². The first-order chi connectivity index (χ1) is 12.6. The summed E-state index contributed by atoms with van der Waals surface area (Å²) in [6.07, 6.45) is 2.57. The van der Waals surface area contributed by atoms with Gasteiger partial charge in [0.2, 0.25) is 5.91 Å². The van der Waals surface area contributed by atoms with Gasteiger partial charge in [0.25, 0.3) is 5.91 Å². The van der Waals surface area contributed by atoms with Crippen LogP contribution in [0.3, 0.4) is 0 Å². The smallest absolute Gasteiger partial charge is 0.256 e. The first kappa shape index (κ1) is 18.5. The molecule has 2 aromatic rings. The Bertz CT molecular complexity index is 819. The highest BCUT2D eigenvalue weighted by Gasteiger charge is 2.21. The van der Waals surface area contributed by atoms with Crippen molar-refractivity contribution in [3.8, 4) is 0 Å². The summed E-state index contributed by atoms with van der Waals surface area (Å²) in [6.45, 7) is 4.81. The molecule has 1 heterocycles. The minimum Gasteiger partial charge on any atom is -0.322 e. The number of hydrogen-bond donors (Lipinski definition) is 1. The number of anilines is 2. The highest BCUT2D eigenvalue weighted by atomic mass is 32.2. The SMILES string of the molecule is CCSc1ccccc1C(=O)Nc1ccc(C)c(N2CCCCC2=O)c1. The van der Waals surface area contributed by atoms with Crippen LogP contribution < -0.4 is 10.2 Å². The quantitative estimate of drug-likeness (QED) is 0.766. The summed E-state index contributed by atoms with van der Waals surface area (Å²) >= 11 is 1.66. The van der Waals surface area contributed by atoms with E-state index in [1.54, 1.807) is 11.8 Å². The second-order valence-corrected chi connectivity index (χ2v) is 7.69. The van der Waals surface area contributed by atoms with Crippen molar-refractivity contribution in [2.45, 2.75) is 38.0 Å². The maximum absolute atomic E-state index is 12.7. The van der Waals surface area contributed by atoms with Crippen LogP contribution in [0.15, 0.2) is 47.4 Å². The highest BCUT2D eigenvalue weighted by Crippen LogP contribution is 2.29. The van der Waals surface area contributed by atoms with Crippen molar-refractivity contribution in [1.82, 2.24) is 0 Å². The molecule has 0 saturated carbocycles. The van der Waals surface area contributed by atoms with Gasteiger partial charge in [0.05, 0.1) is 5.56 Å². The van der Waals surface area contributed by atoms with Crippen molar-refractivity contribution in [3.05, 3.63) is 53.6 Å². The molecular formula is C21H24N2O2S. The molecule has 1 aliphatic rings. The molecular weight excluding hydrogens is 344 g/mol. The van der Waals surface area contributed by atoms with Gasteiger partial charge in [0, 0.05) is 29.2 Å².